The molecule has 3 aromatic rings. The number of H-pyrrole nitrogens is 1. The first-order valence-electron chi connectivity index (χ1n) is 8.51. The standard InChI is InChI=1S/C19H22N4O/c1-13-5-3-6-16(14(13)2)15-11-17-18(20-12-15)21-19(24)23(17)10-9-22-7-4-8-22/h3,5-6,11-12H,4,7-10H2,1-2H3,(H,20,21,24). The van der Waals surface area contributed by atoms with Gasteiger partial charge in [0.05, 0.1) is 5.52 Å². The number of nitrogens with zero attached hydrogens (tertiary/aromatic N) is 3. The molecule has 3 heterocycles. The molecule has 1 fully saturated rings. The van der Waals surface area contributed by atoms with Crippen LogP contribution in [0.1, 0.15) is 17.5 Å². The van der Waals surface area contributed by atoms with Crippen LogP contribution >= 0.6 is 0 Å². The van der Waals surface area contributed by atoms with Crippen molar-refractivity contribution in [3.63, 3.8) is 0 Å². The fraction of sp³-hybridized carbons (Fsp3) is 0.368. The van der Waals surface area contributed by atoms with Gasteiger partial charge in [0.1, 0.15) is 0 Å². The van der Waals surface area contributed by atoms with E-state index in [1.54, 1.807) is 0 Å². The third-order valence-corrected chi connectivity index (χ3v) is 5.13. The highest BCUT2D eigenvalue weighted by Crippen LogP contribution is 2.26. The molecule has 1 aromatic carbocycles. The van der Waals surface area contributed by atoms with Gasteiger partial charge in [0.2, 0.25) is 0 Å². The molecule has 0 radical (unpaired) electrons. The van der Waals surface area contributed by atoms with Gasteiger partial charge >= 0.3 is 5.69 Å². The zero-order chi connectivity index (χ0) is 16.7. The van der Waals surface area contributed by atoms with Crippen LogP contribution in [0.25, 0.3) is 22.3 Å². The number of aromatic amines is 1. The van der Waals surface area contributed by atoms with E-state index in [4.69, 9.17) is 0 Å². The molecule has 1 aliphatic heterocycles. The van der Waals surface area contributed by atoms with E-state index in [1.807, 2.05) is 10.8 Å². The second-order valence-corrected chi connectivity index (χ2v) is 6.62. The van der Waals surface area contributed by atoms with E-state index in [-0.39, 0.29) is 5.69 Å². The molecule has 0 bridgehead atoms. The summed E-state index contributed by atoms with van der Waals surface area (Å²) in [7, 11) is 0. The van der Waals surface area contributed by atoms with Crippen molar-refractivity contribution in [3.05, 3.63) is 52.1 Å². The Kier molecular flexibility index (Phi) is 3.73. The van der Waals surface area contributed by atoms with Crippen LogP contribution in [-0.4, -0.2) is 39.1 Å². The Labute approximate surface area is 140 Å². The van der Waals surface area contributed by atoms with Crippen LogP contribution in [-0.2, 0) is 6.54 Å². The average molecular weight is 322 g/mol. The van der Waals surface area contributed by atoms with Gasteiger partial charge < -0.3 is 4.90 Å². The van der Waals surface area contributed by atoms with E-state index in [0.29, 0.717) is 12.2 Å². The zero-order valence-electron chi connectivity index (χ0n) is 14.2. The van der Waals surface area contributed by atoms with Gasteiger partial charge in [0.15, 0.2) is 5.65 Å². The van der Waals surface area contributed by atoms with Gasteiger partial charge in [0, 0.05) is 24.8 Å². The summed E-state index contributed by atoms with van der Waals surface area (Å²) in [6, 6.07) is 8.37. The molecule has 2 aromatic heterocycles. The first-order valence-corrected chi connectivity index (χ1v) is 8.51. The molecule has 0 saturated carbocycles. The van der Waals surface area contributed by atoms with Gasteiger partial charge in [-0.2, -0.15) is 0 Å². The molecule has 1 saturated heterocycles. The number of imidazole rings is 1. The number of nitrogens with one attached hydrogen (secondary N) is 1. The van der Waals surface area contributed by atoms with E-state index in [9.17, 15) is 4.79 Å². The van der Waals surface area contributed by atoms with Crippen molar-refractivity contribution in [3.8, 4) is 11.1 Å². The number of hydrogen-bond donors (Lipinski definition) is 1. The number of fused-ring (bicyclic) bond motifs is 1. The van der Waals surface area contributed by atoms with Crippen LogP contribution in [0, 0.1) is 13.8 Å². The Balaban J connectivity index is 1.76. The monoisotopic (exact) mass is 322 g/mol. The topological polar surface area (TPSA) is 53.9 Å². The van der Waals surface area contributed by atoms with Crippen LogP contribution < -0.4 is 5.69 Å². The fourth-order valence-electron chi connectivity index (χ4n) is 3.31. The number of aryl methyl sites for hydroxylation is 1. The summed E-state index contributed by atoms with van der Waals surface area (Å²) >= 11 is 0. The number of rotatable bonds is 4. The SMILES string of the molecule is Cc1cccc(-c2cnc3[nH]c(=O)n(CCN4CCC4)c3c2)c1C. The van der Waals surface area contributed by atoms with Gasteiger partial charge in [0.25, 0.3) is 0 Å². The Morgan fingerprint density at radius 2 is 2.04 bits per heavy atom. The van der Waals surface area contributed by atoms with Crippen molar-refractivity contribution < 1.29 is 0 Å². The summed E-state index contributed by atoms with van der Waals surface area (Å²) in [5.74, 6) is 0. The van der Waals surface area contributed by atoms with Crippen LogP contribution in [0.3, 0.4) is 0 Å². The van der Waals surface area contributed by atoms with Crippen LogP contribution in [0.2, 0.25) is 0 Å². The summed E-state index contributed by atoms with van der Waals surface area (Å²) in [4.78, 5) is 22.0. The minimum Gasteiger partial charge on any atom is -0.301 e. The summed E-state index contributed by atoms with van der Waals surface area (Å²) in [6.45, 7) is 8.15. The third kappa shape index (κ3) is 2.55. The molecule has 24 heavy (non-hydrogen) atoms. The van der Waals surface area contributed by atoms with E-state index in [2.05, 4.69) is 53.0 Å². The summed E-state index contributed by atoms with van der Waals surface area (Å²) in [6.07, 6.45) is 3.11. The lowest BCUT2D eigenvalue weighted by atomic mass is 9.98. The molecule has 0 atom stereocenters. The maximum atomic E-state index is 12.3. The predicted molar refractivity (Wildman–Crippen MR) is 96.3 cm³/mol. The molecular formula is C19H22N4O. The fourth-order valence-corrected chi connectivity index (χ4v) is 3.31. The lowest BCUT2D eigenvalue weighted by Gasteiger charge is -2.30. The molecule has 4 rings (SSSR count). The number of pyridine rings is 1. The van der Waals surface area contributed by atoms with Crippen molar-refractivity contribution in [2.45, 2.75) is 26.8 Å². The molecular weight excluding hydrogens is 300 g/mol. The highest BCUT2D eigenvalue weighted by molar-refractivity contribution is 5.79. The van der Waals surface area contributed by atoms with Gasteiger partial charge in [-0.15, -0.1) is 0 Å². The summed E-state index contributed by atoms with van der Waals surface area (Å²) in [5.41, 5.74) is 6.22. The third-order valence-electron chi connectivity index (χ3n) is 5.13. The minimum atomic E-state index is -0.0730. The molecule has 0 unspecified atom stereocenters. The van der Waals surface area contributed by atoms with E-state index >= 15 is 0 Å². The Bertz CT molecular complexity index is 950. The number of hydrogen-bond acceptors (Lipinski definition) is 3. The zero-order valence-corrected chi connectivity index (χ0v) is 14.2. The highest BCUT2D eigenvalue weighted by atomic mass is 16.1. The van der Waals surface area contributed by atoms with Crippen molar-refractivity contribution in [2.75, 3.05) is 19.6 Å². The quantitative estimate of drug-likeness (QED) is 0.803. The molecule has 1 aliphatic rings. The number of benzene rings is 1. The van der Waals surface area contributed by atoms with Crippen LogP contribution in [0.15, 0.2) is 35.3 Å². The first-order chi connectivity index (χ1) is 11.6. The predicted octanol–water partition coefficient (Wildman–Crippen LogP) is 2.71. The molecule has 1 N–H and O–H groups in total. The first kappa shape index (κ1) is 15.1. The maximum absolute atomic E-state index is 12.3. The second kappa shape index (κ2) is 5.91. The van der Waals surface area contributed by atoms with Crippen molar-refractivity contribution in [1.29, 1.82) is 0 Å². The van der Waals surface area contributed by atoms with Crippen molar-refractivity contribution in [2.24, 2.45) is 0 Å². The minimum absolute atomic E-state index is 0.0730. The second-order valence-electron chi connectivity index (χ2n) is 6.62. The molecule has 5 heteroatoms. The van der Waals surface area contributed by atoms with Gasteiger partial charge in [-0.25, -0.2) is 9.78 Å². The Morgan fingerprint density at radius 1 is 1.21 bits per heavy atom. The molecule has 0 spiro atoms. The molecule has 0 amide bonds. The van der Waals surface area contributed by atoms with Crippen molar-refractivity contribution >= 4 is 11.2 Å². The molecule has 124 valence electrons. The van der Waals surface area contributed by atoms with E-state index in [0.717, 1.165) is 30.7 Å². The van der Waals surface area contributed by atoms with Crippen LogP contribution in [0.4, 0.5) is 0 Å². The highest BCUT2D eigenvalue weighted by Gasteiger charge is 2.15. The lowest BCUT2D eigenvalue weighted by Crippen LogP contribution is -2.40. The van der Waals surface area contributed by atoms with Gasteiger partial charge in [-0.3, -0.25) is 9.55 Å². The van der Waals surface area contributed by atoms with E-state index < -0.39 is 0 Å². The Hall–Kier alpha value is -2.40. The van der Waals surface area contributed by atoms with Crippen LogP contribution in [0.5, 0.6) is 0 Å². The maximum Gasteiger partial charge on any atom is 0.327 e. The average Bonchev–Trinajstić information content (AvgIpc) is 2.84. The number of aromatic nitrogens is 3. The summed E-state index contributed by atoms with van der Waals surface area (Å²) < 4.78 is 1.81. The van der Waals surface area contributed by atoms with Gasteiger partial charge in [-0.05, 0) is 56.1 Å². The van der Waals surface area contributed by atoms with Crippen molar-refractivity contribution in [1.82, 2.24) is 19.4 Å². The normalized spacial score (nSPS) is 14.9. The van der Waals surface area contributed by atoms with Gasteiger partial charge in [-0.1, -0.05) is 18.2 Å². The summed E-state index contributed by atoms with van der Waals surface area (Å²) in [5, 5.41) is 0. The number of likely N-dealkylation sites (tertiary alicyclic amines) is 1. The molecule has 0 aliphatic carbocycles. The largest absolute Gasteiger partial charge is 0.327 e. The Morgan fingerprint density at radius 3 is 2.79 bits per heavy atom. The smallest absolute Gasteiger partial charge is 0.301 e. The molecule has 5 nitrogen and oxygen atoms in total. The lowest BCUT2D eigenvalue weighted by molar-refractivity contribution is 0.175. The van der Waals surface area contributed by atoms with E-state index in [1.165, 1.54) is 23.1 Å².